The van der Waals surface area contributed by atoms with Crippen molar-refractivity contribution >= 4 is 40.1 Å². The molecule has 2 aliphatic rings. The Morgan fingerprint density at radius 3 is 2.62 bits per heavy atom. The van der Waals surface area contributed by atoms with Crippen molar-refractivity contribution in [1.29, 1.82) is 0 Å². The molecule has 1 aromatic carbocycles. The van der Waals surface area contributed by atoms with Crippen molar-refractivity contribution in [3.05, 3.63) is 98.9 Å². The van der Waals surface area contributed by atoms with E-state index in [9.17, 15) is 14.4 Å². The Morgan fingerprint density at radius 1 is 1.15 bits per heavy atom. The molecule has 5 heterocycles. The first kappa shape index (κ1) is 30.5. The number of pyridine rings is 3. The quantitative estimate of drug-likeness (QED) is 0.247. The maximum Gasteiger partial charge on any atom is 0.482 e. The van der Waals surface area contributed by atoms with Gasteiger partial charge in [0, 0.05) is 36.5 Å². The fourth-order valence-corrected chi connectivity index (χ4v) is 6.06. The molecule has 4 aromatic heterocycles. The van der Waals surface area contributed by atoms with E-state index >= 15 is 8.78 Å². The summed E-state index contributed by atoms with van der Waals surface area (Å²) in [5.41, 5.74) is 8.89. The Hall–Kier alpha value is -5.17. The molecule has 0 saturated heterocycles. The molecule has 14 heteroatoms. The summed E-state index contributed by atoms with van der Waals surface area (Å²) in [5, 5.41) is 5.45. The van der Waals surface area contributed by atoms with Crippen LogP contribution in [0, 0.1) is 5.92 Å². The number of rotatable bonds is 8. The van der Waals surface area contributed by atoms with Crippen molar-refractivity contribution < 1.29 is 23.1 Å². The molecular weight excluding hydrogens is 632 g/mol. The minimum atomic E-state index is -4.16. The van der Waals surface area contributed by atoms with Gasteiger partial charge in [-0.3, -0.25) is 24.3 Å². The fourth-order valence-electron chi connectivity index (χ4n) is 5.94. The van der Waals surface area contributed by atoms with E-state index in [1.807, 2.05) is 6.92 Å². The highest BCUT2D eigenvalue weighted by atomic mass is 35.5. The van der Waals surface area contributed by atoms with Crippen molar-refractivity contribution in [1.82, 2.24) is 24.3 Å². The van der Waals surface area contributed by atoms with Gasteiger partial charge in [0.15, 0.2) is 11.4 Å². The molecule has 5 aromatic rings. The van der Waals surface area contributed by atoms with Gasteiger partial charge in [-0.1, -0.05) is 17.7 Å². The average Bonchev–Trinajstić information content (AvgIpc) is 3.75. The Labute approximate surface area is 271 Å². The van der Waals surface area contributed by atoms with Gasteiger partial charge in [0.2, 0.25) is 5.56 Å². The normalized spacial score (nSPS) is 16.2. The van der Waals surface area contributed by atoms with Gasteiger partial charge in [-0.05, 0) is 73.6 Å². The Kier molecular flexibility index (Phi) is 7.31. The maximum absolute atomic E-state index is 15.0. The van der Waals surface area contributed by atoms with E-state index in [-0.39, 0.29) is 35.1 Å². The van der Waals surface area contributed by atoms with Crippen LogP contribution in [-0.2, 0) is 24.8 Å². The number of hydrogen-bond acceptors (Lipinski definition) is 7. The SMILES string of the molecule is C[C@H](c1ccc(=O)n(C)c1)n1ncc2c(-c3ccc4c(c3)OC(F)(F)C(=O)N4Cc3ccc(Cl)cn3)c(C(N)=O)c(CC3CC3)nc21. The molecule has 2 N–H and O–H groups in total. The fraction of sp³-hybridized carbons (Fsp3) is 0.273. The van der Waals surface area contributed by atoms with Gasteiger partial charge in [0.05, 0.1) is 46.4 Å². The Morgan fingerprint density at radius 2 is 1.94 bits per heavy atom. The van der Waals surface area contributed by atoms with Crippen molar-refractivity contribution in [2.45, 2.75) is 44.9 Å². The zero-order chi connectivity index (χ0) is 33.2. The lowest BCUT2D eigenvalue weighted by atomic mass is 9.93. The number of halogens is 3. The zero-order valence-electron chi connectivity index (χ0n) is 25.3. The summed E-state index contributed by atoms with van der Waals surface area (Å²) in [6.45, 7) is 1.65. The summed E-state index contributed by atoms with van der Waals surface area (Å²) < 4.78 is 38.2. The van der Waals surface area contributed by atoms with E-state index in [1.54, 1.807) is 48.4 Å². The highest BCUT2D eigenvalue weighted by Crippen LogP contribution is 2.45. The molecule has 1 atom stereocenters. The van der Waals surface area contributed by atoms with Crippen LogP contribution in [0.2, 0.25) is 5.02 Å². The lowest BCUT2D eigenvalue weighted by Gasteiger charge is -2.33. The van der Waals surface area contributed by atoms with Gasteiger partial charge in [-0.15, -0.1) is 0 Å². The van der Waals surface area contributed by atoms with Gasteiger partial charge in [-0.25, -0.2) is 9.67 Å². The molecule has 11 nitrogen and oxygen atoms in total. The molecule has 7 rings (SSSR count). The van der Waals surface area contributed by atoms with Crippen LogP contribution in [0.25, 0.3) is 22.2 Å². The summed E-state index contributed by atoms with van der Waals surface area (Å²) in [6.07, 6.45) is 2.94. The molecule has 0 radical (unpaired) electrons. The number of nitrogens with two attached hydrogens (primary N) is 1. The standard InChI is InChI=1S/C33H28ClF2N7O4/c1-17(20-6-10-27(44)41(2)15-20)43-31-23(14-39-43)28(29(30(37)45)24(40-31)11-18-3-4-18)19-5-9-25-26(12-19)47-33(35,36)32(46)42(25)16-22-8-7-21(34)13-38-22/h5-10,12-15,17-18H,3-4,11,16H2,1-2H3,(H2,37,45)/t17-/m1/s1. The van der Waals surface area contributed by atoms with Crippen LogP contribution in [0.5, 0.6) is 5.75 Å². The largest absolute Gasteiger partial charge is 0.482 e. The van der Waals surface area contributed by atoms with E-state index in [4.69, 9.17) is 27.1 Å². The summed E-state index contributed by atoms with van der Waals surface area (Å²) in [7, 11) is 1.66. The summed E-state index contributed by atoms with van der Waals surface area (Å²) in [5.74, 6) is -2.20. The number of hydrogen-bond donors (Lipinski definition) is 1. The molecule has 0 unspecified atom stereocenters. The Balaban J connectivity index is 1.40. The smallest absolute Gasteiger partial charge is 0.423 e. The molecule has 47 heavy (non-hydrogen) atoms. The van der Waals surface area contributed by atoms with E-state index in [2.05, 4.69) is 10.1 Å². The molecule has 0 spiro atoms. The van der Waals surface area contributed by atoms with Crippen molar-refractivity contribution in [2.75, 3.05) is 4.90 Å². The molecular formula is C33H28ClF2N7O4. The van der Waals surface area contributed by atoms with Crippen LogP contribution in [0.15, 0.2) is 65.8 Å². The number of alkyl halides is 2. The van der Waals surface area contributed by atoms with E-state index < -0.39 is 17.9 Å². The van der Waals surface area contributed by atoms with Crippen LogP contribution in [0.1, 0.15) is 53.1 Å². The predicted octanol–water partition coefficient (Wildman–Crippen LogP) is 5.02. The van der Waals surface area contributed by atoms with Crippen molar-refractivity contribution in [2.24, 2.45) is 18.7 Å². The van der Waals surface area contributed by atoms with Crippen LogP contribution in [0.3, 0.4) is 0 Å². The number of primary amides is 1. The van der Waals surface area contributed by atoms with E-state index in [0.717, 1.165) is 23.3 Å². The molecule has 0 bridgehead atoms. The second kappa shape index (κ2) is 11.3. The summed E-state index contributed by atoms with van der Waals surface area (Å²) >= 11 is 5.93. The van der Waals surface area contributed by atoms with Gasteiger partial charge in [0.25, 0.3) is 5.91 Å². The predicted molar refractivity (Wildman–Crippen MR) is 169 cm³/mol. The van der Waals surface area contributed by atoms with Gasteiger partial charge >= 0.3 is 12.0 Å². The number of aryl methyl sites for hydroxylation is 1. The summed E-state index contributed by atoms with van der Waals surface area (Å²) in [4.78, 5) is 47.9. The highest BCUT2D eigenvalue weighted by Gasteiger charge is 2.50. The number of nitrogens with zero attached hydrogens (tertiary/aromatic N) is 6. The second-order valence-corrected chi connectivity index (χ2v) is 12.3. The number of amides is 2. The average molecular weight is 660 g/mol. The number of carbonyl (C=O) groups excluding carboxylic acids is 2. The van der Waals surface area contributed by atoms with Crippen LogP contribution in [-0.4, -0.2) is 42.2 Å². The first-order valence-electron chi connectivity index (χ1n) is 14.9. The third kappa shape index (κ3) is 5.50. The van der Waals surface area contributed by atoms with Crippen LogP contribution < -0.4 is 20.9 Å². The molecule has 2 amide bonds. The van der Waals surface area contributed by atoms with Crippen LogP contribution in [0.4, 0.5) is 14.5 Å². The minimum absolute atomic E-state index is 0.101. The monoisotopic (exact) mass is 659 g/mol. The lowest BCUT2D eigenvalue weighted by Crippen LogP contribution is -2.50. The van der Waals surface area contributed by atoms with Crippen molar-refractivity contribution in [3.8, 4) is 16.9 Å². The third-order valence-electron chi connectivity index (χ3n) is 8.58. The first-order valence-corrected chi connectivity index (χ1v) is 15.3. The first-order chi connectivity index (χ1) is 22.4. The van der Waals surface area contributed by atoms with Gasteiger partial charge < -0.3 is 15.0 Å². The minimum Gasteiger partial charge on any atom is -0.423 e. The highest BCUT2D eigenvalue weighted by molar-refractivity contribution is 6.30. The third-order valence-corrected chi connectivity index (χ3v) is 8.81. The lowest BCUT2D eigenvalue weighted by molar-refractivity contribution is -0.193. The molecule has 1 aliphatic heterocycles. The summed E-state index contributed by atoms with van der Waals surface area (Å²) in [6, 6.07) is 10.4. The maximum atomic E-state index is 15.0. The zero-order valence-corrected chi connectivity index (χ0v) is 26.0. The number of fused-ring (bicyclic) bond motifs is 2. The second-order valence-electron chi connectivity index (χ2n) is 11.9. The van der Waals surface area contributed by atoms with E-state index in [0.29, 0.717) is 50.9 Å². The van der Waals surface area contributed by atoms with Gasteiger partial charge in [-0.2, -0.15) is 13.9 Å². The van der Waals surface area contributed by atoms with Crippen LogP contribution >= 0.6 is 11.6 Å². The Bertz CT molecular complexity index is 2140. The number of anilines is 1. The number of benzene rings is 1. The molecule has 1 aliphatic carbocycles. The molecule has 1 saturated carbocycles. The number of carbonyl (C=O) groups is 2. The topological polar surface area (TPSA) is 138 Å². The molecule has 240 valence electrons. The van der Waals surface area contributed by atoms with E-state index in [1.165, 1.54) is 29.0 Å². The number of ether oxygens (including phenoxy) is 1. The molecule has 1 fully saturated rings. The van der Waals surface area contributed by atoms with Crippen molar-refractivity contribution in [3.63, 3.8) is 0 Å². The van der Waals surface area contributed by atoms with Gasteiger partial charge in [0.1, 0.15) is 0 Å². The number of aromatic nitrogens is 5.